The summed E-state index contributed by atoms with van der Waals surface area (Å²) in [5.41, 5.74) is 0.988. The first-order chi connectivity index (χ1) is 6.79. The molecule has 1 unspecified atom stereocenters. The third-order valence-corrected chi connectivity index (χ3v) is 2.87. The molecule has 0 amide bonds. The Bertz CT molecular complexity index is 350. The maximum atomic E-state index is 5.76. The molecule has 0 bridgehead atoms. The lowest BCUT2D eigenvalue weighted by molar-refractivity contribution is 0.687. The topological polar surface area (TPSA) is 37.3 Å². The molecule has 1 aromatic rings. The number of hydrogen-bond acceptors (Lipinski definition) is 4. The fourth-order valence-corrected chi connectivity index (χ4v) is 1.87. The molecule has 0 saturated heterocycles. The highest BCUT2D eigenvalue weighted by Gasteiger charge is 2.19. The van der Waals surface area contributed by atoms with Crippen LogP contribution in [0.15, 0.2) is 23.3 Å². The quantitative estimate of drug-likeness (QED) is 0.799. The summed E-state index contributed by atoms with van der Waals surface area (Å²) >= 11 is 7.38. The Labute approximate surface area is 92.0 Å². The molecule has 0 aromatic carbocycles. The fourth-order valence-electron chi connectivity index (χ4n) is 1.30. The molecule has 1 aliphatic rings. The molecule has 0 spiro atoms. The Morgan fingerprint density at radius 1 is 1.57 bits per heavy atom. The minimum atomic E-state index is 0.203. The summed E-state index contributed by atoms with van der Waals surface area (Å²) in [5.74, 6) is 0. The number of aliphatic imine (C=N–C) groups is 1. The number of aromatic nitrogens is 1. The molecule has 0 aliphatic carbocycles. The van der Waals surface area contributed by atoms with E-state index >= 15 is 0 Å². The molecule has 0 fully saturated rings. The number of pyridine rings is 1. The highest BCUT2D eigenvalue weighted by Crippen LogP contribution is 2.19. The average Bonchev–Trinajstić information content (AvgIpc) is 2.67. The minimum Gasteiger partial charge on any atom is -0.355 e. The van der Waals surface area contributed by atoms with Crippen LogP contribution in [0.2, 0.25) is 5.02 Å². The van der Waals surface area contributed by atoms with Gasteiger partial charge >= 0.3 is 0 Å². The van der Waals surface area contributed by atoms with Crippen molar-refractivity contribution in [1.29, 1.82) is 0 Å². The Morgan fingerprint density at radius 2 is 2.43 bits per heavy atom. The van der Waals surface area contributed by atoms with Crippen molar-refractivity contribution in [2.75, 3.05) is 12.8 Å². The second kappa shape index (κ2) is 4.19. The Kier molecular flexibility index (Phi) is 2.93. The van der Waals surface area contributed by atoms with Crippen LogP contribution in [0.5, 0.6) is 0 Å². The van der Waals surface area contributed by atoms with Gasteiger partial charge in [-0.2, -0.15) is 0 Å². The predicted molar refractivity (Wildman–Crippen MR) is 60.9 cm³/mol. The molecule has 3 nitrogen and oxygen atoms in total. The van der Waals surface area contributed by atoms with Gasteiger partial charge in [0.1, 0.15) is 0 Å². The second-order valence-electron chi connectivity index (χ2n) is 2.95. The number of amidine groups is 1. The highest BCUT2D eigenvalue weighted by atomic mass is 35.5. The second-order valence-corrected chi connectivity index (χ2v) is 4.18. The third kappa shape index (κ3) is 2.01. The van der Waals surface area contributed by atoms with E-state index in [0.717, 1.165) is 17.4 Å². The van der Waals surface area contributed by atoms with Crippen molar-refractivity contribution in [2.24, 2.45) is 4.99 Å². The van der Waals surface area contributed by atoms with E-state index < -0.39 is 0 Å². The minimum absolute atomic E-state index is 0.203. The summed E-state index contributed by atoms with van der Waals surface area (Å²) in [6, 6.07) is 3.98. The van der Waals surface area contributed by atoms with E-state index in [-0.39, 0.29) is 6.04 Å². The van der Waals surface area contributed by atoms with Crippen LogP contribution in [0.1, 0.15) is 11.7 Å². The van der Waals surface area contributed by atoms with Gasteiger partial charge in [-0.25, -0.2) is 0 Å². The average molecular weight is 228 g/mol. The molecule has 0 radical (unpaired) electrons. The van der Waals surface area contributed by atoms with Crippen molar-refractivity contribution >= 4 is 28.5 Å². The lowest BCUT2D eigenvalue weighted by atomic mass is 10.2. The number of rotatable bonds is 1. The van der Waals surface area contributed by atoms with Crippen molar-refractivity contribution < 1.29 is 0 Å². The zero-order valence-corrected chi connectivity index (χ0v) is 9.27. The van der Waals surface area contributed by atoms with Crippen LogP contribution in [0.3, 0.4) is 0 Å². The highest BCUT2D eigenvalue weighted by molar-refractivity contribution is 8.13. The number of nitrogens with one attached hydrogen (secondary N) is 1. The molecular weight excluding hydrogens is 218 g/mol. The largest absolute Gasteiger partial charge is 0.355 e. The van der Waals surface area contributed by atoms with Gasteiger partial charge in [-0.1, -0.05) is 23.4 Å². The fraction of sp³-hybridized carbons (Fsp3) is 0.333. The number of thioether (sulfide) groups is 1. The van der Waals surface area contributed by atoms with Gasteiger partial charge in [-0.3, -0.25) is 9.98 Å². The molecule has 2 rings (SSSR count). The van der Waals surface area contributed by atoms with E-state index in [9.17, 15) is 0 Å². The molecule has 1 aromatic heterocycles. The molecular formula is C9H10ClN3S. The van der Waals surface area contributed by atoms with Crippen LogP contribution < -0.4 is 5.32 Å². The van der Waals surface area contributed by atoms with Gasteiger partial charge < -0.3 is 5.32 Å². The Hall–Kier alpha value is -0.740. The maximum absolute atomic E-state index is 5.76. The zero-order valence-electron chi connectivity index (χ0n) is 7.70. The van der Waals surface area contributed by atoms with Crippen LogP contribution in [0.4, 0.5) is 0 Å². The van der Waals surface area contributed by atoms with E-state index in [4.69, 9.17) is 11.6 Å². The smallest absolute Gasteiger partial charge is 0.156 e. The lowest BCUT2D eigenvalue weighted by Crippen LogP contribution is -2.21. The molecule has 14 heavy (non-hydrogen) atoms. The van der Waals surface area contributed by atoms with E-state index in [1.165, 1.54) is 0 Å². The van der Waals surface area contributed by atoms with Gasteiger partial charge in [-0.05, 0) is 18.4 Å². The standard InChI is InChI=1S/C9H10ClN3S/c1-14-9-12-5-8(13-9)7-3-2-6(10)4-11-7/h2-4,8H,5H2,1H3,(H,12,13). The number of halogens is 1. The van der Waals surface area contributed by atoms with Crippen LogP contribution in [0, 0.1) is 0 Å². The summed E-state index contributed by atoms with van der Waals surface area (Å²) in [6.07, 6.45) is 3.67. The normalized spacial score (nSPS) is 20.4. The SMILES string of the molecule is CSC1=NCC(c2ccc(Cl)cn2)N1. The van der Waals surface area contributed by atoms with Gasteiger partial charge in [0, 0.05) is 6.20 Å². The van der Waals surface area contributed by atoms with E-state index in [0.29, 0.717) is 5.02 Å². The Morgan fingerprint density at radius 3 is 3.00 bits per heavy atom. The molecule has 1 N–H and O–H groups in total. The first-order valence-corrected chi connectivity index (χ1v) is 5.86. The van der Waals surface area contributed by atoms with Crippen LogP contribution in [0.25, 0.3) is 0 Å². The zero-order chi connectivity index (χ0) is 9.97. The predicted octanol–water partition coefficient (Wildman–Crippen LogP) is 2.10. The summed E-state index contributed by atoms with van der Waals surface area (Å²) in [6.45, 7) is 0.755. The van der Waals surface area contributed by atoms with Crippen molar-refractivity contribution in [3.63, 3.8) is 0 Å². The van der Waals surface area contributed by atoms with Gasteiger partial charge in [0.05, 0.1) is 23.3 Å². The van der Waals surface area contributed by atoms with Crippen molar-refractivity contribution in [3.8, 4) is 0 Å². The van der Waals surface area contributed by atoms with Crippen molar-refractivity contribution in [2.45, 2.75) is 6.04 Å². The van der Waals surface area contributed by atoms with Crippen molar-refractivity contribution in [3.05, 3.63) is 29.0 Å². The summed E-state index contributed by atoms with van der Waals surface area (Å²) in [4.78, 5) is 8.58. The van der Waals surface area contributed by atoms with Crippen LogP contribution >= 0.6 is 23.4 Å². The summed E-state index contributed by atoms with van der Waals surface area (Å²) in [5, 5.41) is 4.93. The molecule has 0 saturated carbocycles. The maximum Gasteiger partial charge on any atom is 0.156 e. The molecule has 2 heterocycles. The van der Waals surface area contributed by atoms with Gasteiger partial charge in [-0.15, -0.1) is 0 Å². The third-order valence-electron chi connectivity index (χ3n) is 2.02. The number of hydrogen-bond donors (Lipinski definition) is 1. The van der Waals surface area contributed by atoms with Gasteiger partial charge in [0.25, 0.3) is 0 Å². The van der Waals surface area contributed by atoms with E-state index in [1.54, 1.807) is 18.0 Å². The van der Waals surface area contributed by atoms with E-state index in [2.05, 4.69) is 15.3 Å². The van der Waals surface area contributed by atoms with Gasteiger partial charge in [0.2, 0.25) is 0 Å². The molecule has 1 aliphatic heterocycles. The monoisotopic (exact) mass is 227 g/mol. The lowest BCUT2D eigenvalue weighted by Gasteiger charge is -2.09. The summed E-state index contributed by atoms with van der Waals surface area (Å²) < 4.78 is 0. The van der Waals surface area contributed by atoms with Gasteiger partial charge in [0.15, 0.2) is 5.17 Å². The van der Waals surface area contributed by atoms with Crippen molar-refractivity contribution in [1.82, 2.24) is 10.3 Å². The molecule has 5 heteroatoms. The number of nitrogens with zero attached hydrogens (tertiary/aromatic N) is 2. The van der Waals surface area contributed by atoms with Crippen LogP contribution in [-0.4, -0.2) is 23.0 Å². The first-order valence-electron chi connectivity index (χ1n) is 4.26. The molecule has 1 atom stereocenters. The molecule has 74 valence electrons. The van der Waals surface area contributed by atoms with E-state index in [1.807, 2.05) is 18.4 Å². The Balaban J connectivity index is 2.08. The summed E-state index contributed by atoms with van der Waals surface area (Å²) in [7, 11) is 0. The first kappa shape index (κ1) is 9.80. The van der Waals surface area contributed by atoms with Crippen LogP contribution in [-0.2, 0) is 0 Å².